The highest BCUT2D eigenvalue weighted by Gasteiger charge is 2.52. The van der Waals surface area contributed by atoms with Gasteiger partial charge in [-0.15, -0.1) is 0 Å². The van der Waals surface area contributed by atoms with E-state index in [1.165, 1.54) is 0 Å². The van der Waals surface area contributed by atoms with Gasteiger partial charge < -0.3 is 13.7 Å². The maximum absolute atomic E-state index is 8.53. The number of benzene rings is 2. The van der Waals surface area contributed by atoms with Crippen molar-refractivity contribution in [2.45, 2.75) is 38.9 Å². The van der Waals surface area contributed by atoms with E-state index < -0.39 is 30.4 Å². The molecule has 3 aromatic rings. The van der Waals surface area contributed by atoms with Gasteiger partial charge in [-0.2, -0.15) is 0 Å². The van der Waals surface area contributed by atoms with Crippen LogP contribution in [0.1, 0.15) is 35.9 Å². The van der Waals surface area contributed by atoms with Crippen LogP contribution >= 0.6 is 11.6 Å². The Morgan fingerprint density at radius 2 is 1.65 bits per heavy atom. The van der Waals surface area contributed by atoms with Crippen LogP contribution in [0.4, 0.5) is 0 Å². The molecule has 0 aliphatic carbocycles. The number of furan rings is 1. The largest absolute Gasteiger partial charge is 0.495 e. The first-order chi connectivity index (χ1) is 13.3. The van der Waals surface area contributed by atoms with Gasteiger partial charge in [0.15, 0.2) is 0 Å². The molecule has 5 heteroatoms. The maximum Gasteiger partial charge on any atom is 0.495 e. The third-order valence-electron chi connectivity index (χ3n) is 4.56. The fourth-order valence-corrected chi connectivity index (χ4v) is 2.80. The average Bonchev–Trinajstić information content (AvgIpc) is 3.11. The summed E-state index contributed by atoms with van der Waals surface area (Å²) in [6.45, 7) is 7.42. The van der Waals surface area contributed by atoms with Crippen molar-refractivity contribution >= 4 is 46.1 Å². The van der Waals surface area contributed by atoms with Gasteiger partial charge in [0.25, 0.3) is 0 Å². The molecular weight excluding hydrogens is 310 g/mol. The third-order valence-corrected chi connectivity index (χ3v) is 4.75. The minimum atomic E-state index is -1.02. The minimum Gasteiger partial charge on any atom is -0.456 e. The summed E-state index contributed by atoms with van der Waals surface area (Å²) in [4.78, 5) is 0. The van der Waals surface area contributed by atoms with Crippen molar-refractivity contribution in [3.8, 4) is 0 Å². The van der Waals surface area contributed by atoms with Crippen LogP contribution in [-0.2, 0) is 9.31 Å². The molecule has 0 unspecified atom stereocenters. The van der Waals surface area contributed by atoms with Crippen molar-refractivity contribution in [2.24, 2.45) is 0 Å². The van der Waals surface area contributed by atoms with Crippen LogP contribution in [0.25, 0.3) is 21.9 Å². The first-order valence-corrected chi connectivity index (χ1v) is 7.64. The van der Waals surface area contributed by atoms with E-state index in [1.807, 2.05) is 27.7 Å². The Labute approximate surface area is 149 Å². The summed E-state index contributed by atoms with van der Waals surface area (Å²) in [5, 5.41) is 0.0933. The highest BCUT2D eigenvalue weighted by Crippen LogP contribution is 2.38. The minimum absolute atomic E-state index is 0.0299. The number of rotatable bonds is 1. The molecule has 0 N–H and O–H groups in total. The van der Waals surface area contributed by atoms with Gasteiger partial charge in [0, 0.05) is 21.8 Å². The normalized spacial score (nSPS) is 23.4. The Bertz CT molecular complexity index is 1190. The Balaban J connectivity index is 2.18. The number of para-hydroxylation sites is 1. The number of fused-ring (bicyclic) bond motifs is 3. The van der Waals surface area contributed by atoms with Crippen LogP contribution < -0.4 is 5.46 Å². The van der Waals surface area contributed by atoms with Crippen molar-refractivity contribution in [1.29, 1.82) is 0 Å². The molecule has 1 aliphatic rings. The summed E-state index contributed by atoms with van der Waals surface area (Å²) < 4.78 is 67.1. The summed E-state index contributed by atoms with van der Waals surface area (Å²) >= 11 is 6.24. The predicted molar refractivity (Wildman–Crippen MR) is 94.4 cm³/mol. The molecule has 3 nitrogen and oxygen atoms in total. The molecule has 2 heterocycles. The first-order valence-electron chi connectivity index (χ1n) is 10.3. The predicted octanol–water partition coefficient (Wildman–Crippen LogP) is 4.54. The lowest BCUT2D eigenvalue weighted by molar-refractivity contribution is 0.00578. The lowest BCUT2D eigenvalue weighted by Crippen LogP contribution is -2.41. The molecule has 0 bridgehead atoms. The Morgan fingerprint density at radius 3 is 2.35 bits per heavy atom. The van der Waals surface area contributed by atoms with Gasteiger partial charge in [0.2, 0.25) is 0 Å². The van der Waals surface area contributed by atoms with Gasteiger partial charge in [-0.1, -0.05) is 29.7 Å². The standard InChI is InChI=1S/C18H18BClO3/c1-17(2)18(3,4)23-19(22-17)13-9-11(20)10-15-16(13)12-7-5-6-8-14(12)21-15/h5-10H,1-4H3/i5D,6D,7D,8D,9D,10D. The average molecular weight is 335 g/mol. The highest BCUT2D eigenvalue weighted by molar-refractivity contribution is 6.66. The van der Waals surface area contributed by atoms with E-state index in [1.54, 1.807) is 0 Å². The second kappa shape index (κ2) is 4.76. The van der Waals surface area contributed by atoms with Gasteiger partial charge >= 0.3 is 7.12 Å². The molecule has 0 radical (unpaired) electrons. The first kappa shape index (κ1) is 9.72. The fraction of sp³-hybridized carbons (Fsp3) is 0.333. The summed E-state index contributed by atoms with van der Waals surface area (Å²) in [7, 11) is -1.02. The molecule has 2 aromatic carbocycles. The molecular formula is C18H18BClO3. The number of hydrogen-bond donors (Lipinski definition) is 0. The molecule has 4 rings (SSSR count). The summed E-state index contributed by atoms with van der Waals surface area (Å²) in [5.74, 6) is 0. The molecule has 1 aliphatic heterocycles. The van der Waals surface area contributed by atoms with E-state index >= 15 is 0 Å². The maximum atomic E-state index is 8.53. The van der Waals surface area contributed by atoms with Crippen molar-refractivity contribution in [1.82, 2.24) is 0 Å². The number of halogens is 1. The molecule has 1 saturated heterocycles. The van der Waals surface area contributed by atoms with Crippen molar-refractivity contribution in [2.75, 3.05) is 0 Å². The Morgan fingerprint density at radius 1 is 1.00 bits per heavy atom. The smallest absolute Gasteiger partial charge is 0.456 e. The van der Waals surface area contributed by atoms with E-state index in [9.17, 15) is 0 Å². The molecule has 0 saturated carbocycles. The van der Waals surface area contributed by atoms with Gasteiger partial charge in [0.1, 0.15) is 11.2 Å². The molecule has 0 amide bonds. The van der Waals surface area contributed by atoms with Gasteiger partial charge in [0.05, 0.1) is 19.4 Å². The van der Waals surface area contributed by atoms with E-state index in [4.69, 9.17) is 33.6 Å². The monoisotopic (exact) mass is 334 g/mol. The second-order valence-corrected chi connectivity index (χ2v) is 6.95. The number of hydrogen-bond acceptors (Lipinski definition) is 3. The Hall–Kier alpha value is -1.49. The van der Waals surface area contributed by atoms with Crippen LogP contribution in [-0.4, -0.2) is 18.3 Å². The fourth-order valence-electron chi connectivity index (χ4n) is 2.61. The van der Waals surface area contributed by atoms with E-state index in [-0.39, 0.29) is 56.6 Å². The van der Waals surface area contributed by atoms with Crippen LogP contribution in [0, 0.1) is 0 Å². The molecule has 1 fully saturated rings. The summed E-state index contributed by atoms with van der Waals surface area (Å²) in [6.07, 6.45) is 0. The molecule has 0 atom stereocenters. The van der Waals surface area contributed by atoms with E-state index in [2.05, 4.69) is 0 Å². The zero-order valence-corrected chi connectivity index (χ0v) is 13.9. The lowest BCUT2D eigenvalue weighted by Gasteiger charge is -2.32. The third kappa shape index (κ3) is 2.20. The van der Waals surface area contributed by atoms with Crippen LogP contribution in [0.15, 0.2) is 40.7 Å². The topological polar surface area (TPSA) is 31.6 Å². The summed E-state index contributed by atoms with van der Waals surface area (Å²) in [6, 6.07) is -2.02. The highest BCUT2D eigenvalue weighted by atomic mass is 35.5. The second-order valence-electron chi connectivity index (χ2n) is 6.58. The van der Waals surface area contributed by atoms with Gasteiger partial charge in [-0.25, -0.2) is 0 Å². The van der Waals surface area contributed by atoms with Crippen molar-refractivity contribution in [3.63, 3.8) is 0 Å². The molecule has 118 valence electrons. The van der Waals surface area contributed by atoms with E-state index in [0.717, 1.165) is 0 Å². The quantitative estimate of drug-likeness (QED) is 0.612. The van der Waals surface area contributed by atoms with Crippen LogP contribution in [0.5, 0.6) is 0 Å². The van der Waals surface area contributed by atoms with Crippen LogP contribution in [0.3, 0.4) is 0 Å². The van der Waals surface area contributed by atoms with Gasteiger partial charge in [-0.3, -0.25) is 0 Å². The summed E-state index contributed by atoms with van der Waals surface area (Å²) in [5.41, 5.74) is -1.36. The zero-order chi connectivity index (χ0) is 21.6. The zero-order valence-electron chi connectivity index (χ0n) is 19.2. The molecule has 1 aromatic heterocycles. The van der Waals surface area contributed by atoms with Crippen molar-refractivity contribution < 1.29 is 22.0 Å². The molecule has 23 heavy (non-hydrogen) atoms. The molecule has 0 spiro atoms. The van der Waals surface area contributed by atoms with Crippen molar-refractivity contribution in [3.05, 3.63) is 41.3 Å². The van der Waals surface area contributed by atoms with Gasteiger partial charge in [-0.05, 0) is 45.2 Å². The Kier molecular flexibility index (Phi) is 2.01. The van der Waals surface area contributed by atoms with Crippen LogP contribution in [0.2, 0.25) is 5.02 Å². The lowest BCUT2D eigenvalue weighted by atomic mass is 9.76. The van der Waals surface area contributed by atoms with E-state index in [0.29, 0.717) is 0 Å². The SMILES string of the molecule is [2H]c1c([2H])c([2H])c2c(oc3c([2H])c(Cl)c([2H])c(B4OC(C)(C)C(C)(C)O4)c32)c1[2H].